The molecule has 0 saturated carbocycles. The monoisotopic (exact) mass is 310 g/mol. The average molecular weight is 310 g/mol. The van der Waals surface area contributed by atoms with E-state index in [0.29, 0.717) is 5.17 Å². The largest absolute Gasteiger partial charge is 0.316 e. The van der Waals surface area contributed by atoms with Crippen LogP contribution < -0.4 is 4.90 Å². The van der Waals surface area contributed by atoms with Crippen LogP contribution in [0, 0.1) is 12.3 Å². The number of anilines is 1. The number of nitrogens with zero attached hydrogens (tertiary/aromatic N) is 1. The second-order valence-electron chi connectivity index (χ2n) is 5.41. The van der Waals surface area contributed by atoms with Crippen LogP contribution in [-0.4, -0.2) is 36.4 Å². The summed E-state index contributed by atoms with van der Waals surface area (Å²) in [5.74, 6) is 0.374. The standard InChI is InChI=1S/C14H18N2O2S2/c1-3-10-6-4-5-9(2)13(10)16-11-7-20(17,18)8-12(11)19-14(16)15/h4-6,11-12,15H,3,7-8H2,1-2H3/t11-,12-/m0/s1. The minimum atomic E-state index is -2.96. The molecule has 1 aromatic carbocycles. The molecule has 3 rings (SSSR count). The summed E-state index contributed by atoms with van der Waals surface area (Å²) in [4.78, 5) is 1.95. The Balaban J connectivity index is 2.08. The number of para-hydroxylation sites is 1. The molecule has 108 valence electrons. The third kappa shape index (κ3) is 2.15. The van der Waals surface area contributed by atoms with E-state index >= 15 is 0 Å². The molecule has 0 unspecified atom stereocenters. The van der Waals surface area contributed by atoms with E-state index in [0.717, 1.165) is 17.7 Å². The first-order valence-corrected chi connectivity index (χ1v) is 9.46. The molecule has 2 atom stereocenters. The number of benzene rings is 1. The van der Waals surface area contributed by atoms with Gasteiger partial charge in [-0.3, -0.25) is 5.41 Å². The zero-order chi connectivity index (χ0) is 14.5. The molecule has 2 aliphatic heterocycles. The Hall–Kier alpha value is -1.01. The van der Waals surface area contributed by atoms with Gasteiger partial charge in [-0.1, -0.05) is 36.9 Å². The van der Waals surface area contributed by atoms with Gasteiger partial charge < -0.3 is 4.90 Å². The van der Waals surface area contributed by atoms with Crippen LogP contribution in [0.15, 0.2) is 18.2 Å². The van der Waals surface area contributed by atoms with Crippen LogP contribution in [0.2, 0.25) is 0 Å². The summed E-state index contributed by atoms with van der Waals surface area (Å²) in [7, 11) is -2.96. The smallest absolute Gasteiger partial charge is 0.161 e. The molecule has 4 nitrogen and oxygen atoms in total. The Kier molecular flexibility index (Phi) is 3.33. The van der Waals surface area contributed by atoms with Crippen LogP contribution in [-0.2, 0) is 16.3 Å². The van der Waals surface area contributed by atoms with Gasteiger partial charge in [-0.25, -0.2) is 8.42 Å². The number of hydrogen-bond donors (Lipinski definition) is 1. The lowest BCUT2D eigenvalue weighted by Crippen LogP contribution is -2.38. The van der Waals surface area contributed by atoms with E-state index in [1.165, 1.54) is 17.3 Å². The number of amidine groups is 1. The van der Waals surface area contributed by atoms with Crippen molar-refractivity contribution in [3.63, 3.8) is 0 Å². The maximum Gasteiger partial charge on any atom is 0.161 e. The summed E-state index contributed by atoms with van der Waals surface area (Å²) < 4.78 is 23.7. The number of nitrogens with one attached hydrogen (secondary N) is 1. The summed E-state index contributed by atoms with van der Waals surface area (Å²) >= 11 is 1.40. The van der Waals surface area contributed by atoms with Crippen molar-refractivity contribution in [2.24, 2.45) is 0 Å². The first kappa shape index (κ1) is 13.9. The second-order valence-corrected chi connectivity index (χ2v) is 8.79. The van der Waals surface area contributed by atoms with Gasteiger partial charge in [0.25, 0.3) is 0 Å². The maximum atomic E-state index is 11.9. The average Bonchev–Trinajstić information content (AvgIpc) is 2.80. The summed E-state index contributed by atoms with van der Waals surface area (Å²) in [6.07, 6.45) is 0.885. The Bertz CT molecular complexity index is 670. The van der Waals surface area contributed by atoms with Crippen LogP contribution in [0.5, 0.6) is 0 Å². The van der Waals surface area contributed by atoms with Crippen LogP contribution in [0.25, 0.3) is 0 Å². The van der Waals surface area contributed by atoms with Gasteiger partial charge in [0.05, 0.1) is 17.5 Å². The summed E-state index contributed by atoms with van der Waals surface area (Å²) in [5.41, 5.74) is 3.33. The minimum absolute atomic E-state index is 0.0109. The quantitative estimate of drug-likeness (QED) is 0.910. The molecule has 2 fully saturated rings. The predicted molar refractivity (Wildman–Crippen MR) is 84.6 cm³/mol. The molecule has 2 heterocycles. The molecule has 20 heavy (non-hydrogen) atoms. The summed E-state index contributed by atoms with van der Waals surface area (Å²) in [6, 6.07) is 6.04. The Morgan fingerprint density at radius 1 is 1.40 bits per heavy atom. The first-order chi connectivity index (χ1) is 9.43. The van der Waals surface area contributed by atoms with Gasteiger partial charge in [0.1, 0.15) is 0 Å². The van der Waals surface area contributed by atoms with Crippen LogP contribution in [0.1, 0.15) is 18.1 Å². The summed E-state index contributed by atoms with van der Waals surface area (Å²) in [5, 5.41) is 8.73. The van der Waals surface area contributed by atoms with Crippen molar-refractivity contribution < 1.29 is 8.42 Å². The van der Waals surface area contributed by atoms with Crippen molar-refractivity contribution in [1.29, 1.82) is 5.41 Å². The molecular formula is C14H18N2O2S2. The molecule has 0 spiro atoms. The normalized spacial score (nSPS) is 27.9. The highest BCUT2D eigenvalue weighted by Crippen LogP contribution is 2.42. The van der Waals surface area contributed by atoms with E-state index < -0.39 is 9.84 Å². The van der Waals surface area contributed by atoms with E-state index in [-0.39, 0.29) is 22.8 Å². The van der Waals surface area contributed by atoms with Crippen molar-refractivity contribution in [1.82, 2.24) is 0 Å². The Morgan fingerprint density at radius 2 is 2.15 bits per heavy atom. The van der Waals surface area contributed by atoms with Crippen molar-refractivity contribution in [2.75, 3.05) is 16.4 Å². The number of hydrogen-bond acceptors (Lipinski definition) is 4. The van der Waals surface area contributed by atoms with Gasteiger partial charge in [0.15, 0.2) is 15.0 Å². The second kappa shape index (κ2) is 4.77. The molecular weight excluding hydrogens is 292 g/mol. The molecule has 0 bridgehead atoms. The third-order valence-corrected chi connectivity index (χ3v) is 7.16. The van der Waals surface area contributed by atoms with E-state index in [9.17, 15) is 8.42 Å². The van der Waals surface area contributed by atoms with Gasteiger partial charge in [-0.2, -0.15) is 0 Å². The number of rotatable bonds is 2. The fourth-order valence-corrected chi connectivity index (χ4v) is 6.90. The zero-order valence-corrected chi connectivity index (χ0v) is 13.2. The molecule has 1 aromatic rings. The van der Waals surface area contributed by atoms with E-state index in [1.807, 2.05) is 24.0 Å². The minimum Gasteiger partial charge on any atom is -0.316 e. The van der Waals surface area contributed by atoms with Crippen LogP contribution >= 0.6 is 11.8 Å². The Labute approximate surface area is 124 Å². The lowest BCUT2D eigenvalue weighted by Gasteiger charge is -2.28. The van der Waals surface area contributed by atoms with E-state index in [1.54, 1.807) is 0 Å². The molecule has 0 aliphatic carbocycles. The summed E-state index contributed by atoms with van der Waals surface area (Å²) in [6.45, 7) is 4.12. The predicted octanol–water partition coefficient (Wildman–Crippen LogP) is 2.21. The molecule has 0 amide bonds. The first-order valence-electron chi connectivity index (χ1n) is 6.76. The van der Waals surface area contributed by atoms with Gasteiger partial charge >= 0.3 is 0 Å². The Morgan fingerprint density at radius 3 is 2.85 bits per heavy atom. The number of thioether (sulfide) groups is 1. The molecule has 2 aliphatic rings. The van der Waals surface area contributed by atoms with E-state index in [2.05, 4.69) is 13.0 Å². The zero-order valence-electron chi connectivity index (χ0n) is 11.6. The number of aryl methyl sites for hydroxylation is 2. The molecule has 2 saturated heterocycles. The van der Waals surface area contributed by atoms with Crippen molar-refractivity contribution in [3.05, 3.63) is 29.3 Å². The fraction of sp³-hybridized carbons (Fsp3) is 0.500. The van der Waals surface area contributed by atoms with Crippen LogP contribution in [0.4, 0.5) is 5.69 Å². The molecule has 0 aromatic heterocycles. The lowest BCUT2D eigenvalue weighted by atomic mass is 10.0. The third-order valence-electron chi connectivity index (χ3n) is 4.03. The van der Waals surface area contributed by atoms with Crippen molar-refractivity contribution >= 4 is 32.5 Å². The van der Waals surface area contributed by atoms with E-state index in [4.69, 9.17) is 5.41 Å². The topological polar surface area (TPSA) is 61.2 Å². The maximum absolute atomic E-state index is 11.9. The molecule has 1 N–H and O–H groups in total. The van der Waals surface area contributed by atoms with Gasteiger partial charge in [0, 0.05) is 10.9 Å². The SMILES string of the molecule is CCc1cccc(C)c1N1C(=N)S[C@H]2CS(=O)(=O)C[C@@H]21. The highest BCUT2D eigenvalue weighted by atomic mass is 32.2. The highest BCUT2D eigenvalue weighted by Gasteiger charge is 2.49. The number of fused-ring (bicyclic) bond motifs is 1. The number of sulfone groups is 1. The van der Waals surface area contributed by atoms with Gasteiger partial charge in [-0.15, -0.1) is 0 Å². The van der Waals surface area contributed by atoms with Crippen molar-refractivity contribution in [3.8, 4) is 0 Å². The molecule has 0 radical (unpaired) electrons. The fourth-order valence-electron chi connectivity index (χ4n) is 3.12. The van der Waals surface area contributed by atoms with Crippen molar-refractivity contribution in [2.45, 2.75) is 31.6 Å². The highest BCUT2D eigenvalue weighted by molar-refractivity contribution is 8.15. The lowest BCUT2D eigenvalue weighted by molar-refractivity contribution is 0.601. The molecule has 6 heteroatoms. The van der Waals surface area contributed by atoms with Gasteiger partial charge in [-0.05, 0) is 24.5 Å². The van der Waals surface area contributed by atoms with Crippen LogP contribution in [0.3, 0.4) is 0 Å². The van der Waals surface area contributed by atoms with Gasteiger partial charge in [0.2, 0.25) is 0 Å².